The summed E-state index contributed by atoms with van der Waals surface area (Å²) in [6, 6.07) is 17.9. The van der Waals surface area contributed by atoms with Gasteiger partial charge >= 0.3 is 0 Å². The van der Waals surface area contributed by atoms with Crippen LogP contribution >= 0.6 is 0 Å². The van der Waals surface area contributed by atoms with Crippen LogP contribution < -0.4 is 5.32 Å². The van der Waals surface area contributed by atoms with Gasteiger partial charge in [-0.15, -0.1) is 0 Å². The molecule has 2 aromatic rings. The molecular formula is C19H19FN2O. The van der Waals surface area contributed by atoms with Gasteiger partial charge in [0.2, 0.25) is 5.91 Å². The Hall–Kier alpha value is -2.67. The summed E-state index contributed by atoms with van der Waals surface area (Å²) >= 11 is 0. The van der Waals surface area contributed by atoms with E-state index in [1.165, 1.54) is 12.1 Å². The van der Waals surface area contributed by atoms with Crippen molar-refractivity contribution in [1.82, 2.24) is 5.32 Å². The lowest BCUT2D eigenvalue weighted by Gasteiger charge is -2.23. The summed E-state index contributed by atoms with van der Waals surface area (Å²) in [4.78, 5) is 12.1. The fourth-order valence-corrected chi connectivity index (χ4v) is 2.37. The van der Waals surface area contributed by atoms with Gasteiger partial charge in [-0.25, -0.2) is 4.39 Å². The minimum atomic E-state index is -0.944. The number of halogens is 1. The monoisotopic (exact) mass is 310 g/mol. The molecule has 0 heterocycles. The molecule has 1 unspecified atom stereocenters. The number of nitriles is 1. The van der Waals surface area contributed by atoms with E-state index in [0.29, 0.717) is 18.4 Å². The van der Waals surface area contributed by atoms with Crippen LogP contribution in [0.3, 0.4) is 0 Å². The van der Waals surface area contributed by atoms with Crippen LogP contribution in [0.15, 0.2) is 54.6 Å². The van der Waals surface area contributed by atoms with Gasteiger partial charge in [-0.2, -0.15) is 5.26 Å². The molecule has 0 radical (unpaired) electrons. The fourth-order valence-electron chi connectivity index (χ4n) is 2.37. The second-order valence-electron chi connectivity index (χ2n) is 5.78. The highest BCUT2D eigenvalue weighted by Crippen LogP contribution is 2.14. The van der Waals surface area contributed by atoms with E-state index in [1.807, 2.05) is 30.3 Å². The van der Waals surface area contributed by atoms with Crippen molar-refractivity contribution in [1.29, 1.82) is 5.26 Å². The zero-order valence-electron chi connectivity index (χ0n) is 13.1. The molecule has 1 N–H and O–H groups in total. The number of carbonyl (C=O) groups is 1. The predicted molar refractivity (Wildman–Crippen MR) is 87.0 cm³/mol. The summed E-state index contributed by atoms with van der Waals surface area (Å²) in [6.45, 7) is 1.71. The first-order valence-corrected chi connectivity index (χ1v) is 7.51. The summed E-state index contributed by atoms with van der Waals surface area (Å²) in [5, 5.41) is 12.2. The Bertz CT molecular complexity index is 709. The van der Waals surface area contributed by atoms with Gasteiger partial charge < -0.3 is 5.32 Å². The van der Waals surface area contributed by atoms with Crippen molar-refractivity contribution in [3.8, 4) is 6.07 Å². The number of amides is 1. The molecule has 0 bridgehead atoms. The zero-order valence-corrected chi connectivity index (χ0v) is 13.1. The lowest BCUT2D eigenvalue weighted by atomic mass is 9.94. The van der Waals surface area contributed by atoms with Gasteiger partial charge in [-0.3, -0.25) is 4.79 Å². The molecular weight excluding hydrogens is 291 g/mol. The van der Waals surface area contributed by atoms with Gasteiger partial charge in [0.15, 0.2) is 0 Å². The van der Waals surface area contributed by atoms with Crippen LogP contribution in [-0.2, 0) is 17.6 Å². The molecule has 1 atom stereocenters. The SMILES string of the molecule is CC(C#N)(CCc1ccccc1)NC(=O)Cc1cccc(F)c1. The molecule has 0 saturated heterocycles. The highest BCUT2D eigenvalue weighted by Gasteiger charge is 2.25. The predicted octanol–water partition coefficient (Wildman–Crippen LogP) is 3.40. The van der Waals surface area contributed by atoms with E-state index >= 15 is 0 Å². The maximum absolute atomic E-state index is 13.1. The van der Waals surface area contributed by atoms with Crippen LogP contribution in [0.25, 0.3) is 0 Å². The number of aryl methyl sites for hydroxylation is 1. The van der Waals surface area contributed by atoms with E-state index in [0.717, 1.165) is 5.56 Å². The standard InChI is InChI=1S/C19H19FN2O/c1-19(14-21,11-10-15-6-3-2-4-7-15)22-18(23)13-16-8-5-9-17(20)12-16/h2-9,12H,10-11,13H2,1H3,(H,22,23). The van der Waals surface area contributed by atoms with Crippen molar-refractivity contribution in [2.75, 3.05) is 0 Å². The number of hydrogen-bond donors (Lipinski definition) is 1. The Labute approximate surface area is 135 Å². The molecule has 118 valence electrons. The molecule has 0 aliphatic rings. The Morgan fingerprint density at radius 2 is 1.87 bits per heavy atom. The molecule has 3 nitrogen and oxygen atoms in total. The Balaban J connectivity index is 1.94. The van der Waals surface area contributed by atoms with E-state index < -0.39 is 5.54 Å². The lowest BCUT2D eigenvalue weighted by Crippen LogP contribution is -2.45. The third-order valence-electron chi connectivity index (χ3n) is 3.67. The summed E-state index contributed by atoms with van der Waals surface area (Å²) < 4.78 is 13.1. The molecule has 2 rings (SSSR count). The summed E-state index contributed by atoms with van der Waals surface area (Å²) in [5.74, 6) is -0.657. The summed E-state index contributed by atoms with van der Waals surface area (Å²) in [6.07, 6.45) is 1.27. The van der Waals surface area contributed by atoms with Gasteiger partial charge in [-0.1, -0.05) is 42.5 Å². The van der Waals surface area contributed by atoms with Gasteiger partial charge in [0, 0.05) is 0 Å². The van der Waals surface area contributed by atoms with Crippen molar-refractivity contribution >= 4 is 5.91 Å². The van der Waals surface area contributed by atoms with Crippen LogP contribution in [-0.4, -0.2) is 11.4 Å². The molecule has 0 spiro atoms. The van der Waals surface area contributed by atoms with E-state index in [-0.39, 0.29) is 18.1 Å². The quantitative estimate of drug-likeness (QED) is 0.889. The van der Waals surface area contributed by atoms with Crippen molar-refractivity contribution in [2.24, 2.45) is 0 Å². The second-order valence-corrected chi connectivity index (χ2v) is 5.78. The first kappa shape index (κ1) is 16.7. The minimum absolute atomic E-state index is 0.0559. The Kier molecular flexibility index (Phi) is 5.48. The Morgan fingerprint density at radius 1 is 1.17 bits per heavy atom. The van der Waals surface area contributed by atoms with Crippen molar-refractivity contribution < 1.29 is 9.18 Å². The normalized spacial score (nSPS) is 12.9. The third-order valence-corrected chi connectivity index (χ3v) is 3.67. The molecule has 1 amide bonds. The van der Waals surface area contributed by atoms with Crippen LogP contribution in [0.1, 0.15) is 24.5 Å². The average molecular weight is 310 g/mol. The van der Waals surface area contributed by atoms with Crippen molar-refractivity contribution in [2.45, 2.75) is 31.7 Å². The van der Waals surface area contributed by atoms with E-state index in [1.54, 1.807) is 19.1 Å². The number of rotatable bonds is 6. The lowest BCUT2D eigenvalue weighted by molar-refractivity contribution is -0.121. The molecule has 2 aromatic carbocycles. The summed E-state index contributed by atoms with van der Waals surface area (Å²) in [5.41, 5.74) is 0.763. The number of nitrogens with one attached hydrogen (secondary N) is 1. The number of hydrogen-bond acceptors (Lipinski definition) is 2. The van der Waals surface area contributed by atoms with Gasteiger partial charge in [0.1, 0.15) is 11.4 Å². The fraction of sp³-hybridized carbons (Fsp3) is 0.263. The van der Waals surface area contributed by atoms with Crippen LogP contribution in [0.5, 0.6) is 0 Å². The Morgan fingerprint density at radius 3 is 2.52 bits per heavy atom. The first-order chi connectivity index (χ1) is 11.0. The highest BCUT2D eigenvalue weighted by molar-refractivity contribution is 5.79. The zero-order chi connectivity index (χ0) is 16.7. The largest absolute Gasteiger partial charge is 0.338 e. The summed E-state index contributed by atoms with van der Waals surface area (Å²) in [7, 11) is 0. The van der Waals surface area contributed by atoms with Crippen LogP contribution in [0.2, 0.25) is 0 Å². The molecule has 0 aliphatic carbocycles. The smallest absolute Gasteiger partial charge is 0.225 e. The van der Waals surface area contributed by atoms with Crippen LogP contribution in [0, 0.1) is 17.1 Å². The van der Waals surface area contributed by atoms with Gasteiger partial charge in [0.25, 0.3) is 0 Å². The van der Waals surface area contributed by atoms with E-state index in [2.05, 4.69) is 11.4 Å². The first-order valence-electron chi connectivity index (χ1n) is 7.51. The van der Waals surface area contributed by atoms with E-state index in [4.69, 9.17) is 0 Å². The minimum Gasteiger partial charge on any atom is -0.338 e. The van der Waals surface area contributed by atoms with Crippen molar-refractivity contribution in [3.63, 3.8) is 0 Å². The number of carbonyl (C=O) groups excluding carboxylic acids is 1. The maximum atomic E-state index is 13.1. The molecule has 4 heteroatoms. The molecule has 0 aromatic heterocycles. The van der Waals surface area contributed by atoms with Gasteiger partial charge in [-0.05, 0) is 43.0 Å². The van der Waals surface area contributed by atoms with Crippen molar-refractivity contribution in [3.05, 3.63) is 71.5 Å². The second kappa shape index (κ2) is 7.55. The number of nitrogens with zero attached hydrogens (tertiary/aromatic N) is 1. The average Bonchev–Trinajstić information content (AvgIpc) is 2.54. The molecule has 0 fully saturated rings. The van der Waals surface area contributed by atoms with E-state index in [9.17, 15) is 14.4 Å². The molecule has 23 heavy (non-hydrogen) atoms. The van der Waals surface area contributed by atoms with Crippen LogP contribution in [0.4, 0.5) is 4.39 Å². The van der Waals surface area contributed by atoms with Gasteiger partial charge in [0.05, 0.1) is 12.5 Å². The maximum Gasteiger partial charge on any atom is 0.225 e. The highest BCUT2D eigenvalue weighted by atomic mass is 19.1. The number of benzene rings is 2. The molecule has 0 aliphatic heterocycles. The topological polar surface area (TPSA) is 52.9 Å². The third kappa shape index (κ3) is 5.23. The molecule has 0 saturated carbocycles.